The predicted molar refractivity (Wildman–Crippen MR) is 93.5 cm³/mol. The molecule has 1 saturated heterocycles. The highest BCUT2D eigenvalue weighted by atomic mass is 19.4. The largest absolute Gasteiger partial charge is 0.416 e. The summed E-state index contributed by atoms with van der Waals surface area (Å²) in [5.74, 6) is -0.279. The standard InChI is InChI=1S/C19H22F3N3O2/c1-2-16-15(11-24-25-16)17(26)23-12-18(6-8-27-9-7-18)13-4-3-5-14(10-13)19(20,21)22/h3-5,10-11H,2,6-9,12H2,1H3,(H,23,26)(H,24,25). The van der Waals surface area contributed by atoms with E-state index in [1.54, 1.807) is 6.07 Å². The van der Waals surface area contributed by atoms with Crippen LogP contribution < -0.4 is 5.32 Å². The van der Waals surface area contributed by atoms with Gasteiger partial charge in [-0.2, -0.15) is 18.3 Å². The summed E-state index contributed by atoms with van der Waals surface area (Å²) in [5.41, 5.74) is 0.492. The monoisotopic (exact) mass is 381 g/mol. The lowest BCUT2D eigenvalue weighted by molar-refractivity contribution is -0.137. The molecule has 1 aromatic carbocycles. The molecule has 3 rings (SSSR count). The molecule has 1 aliphatic rings. The van der Waals surface area contributed by atoms with E-state index < -0.39 is 17.2 Å². The number of carbonyl (C=O) groups is 1. The Morgan fingerprint density at radius 3 is 2.74 bits per heavy atom. The first kappa shape index (κ1) is 19.4. The molecule has 2 heterocycles. The molecule has 27 heavy (non-hydrogen) atoms. The number of aromatic nitrogens is 2. The van der Waals surface area contributed by atoms with Crippen LogP contribution in [0, 0.1) is 0 Å². The number of alkyl halides is 3. The molecule has 2 N–H and O–H groups in total. The summed E-state index contributed by atoms with van der Waals surface area (Å²) in [5, 5.41) is 9.57. The number of aromatic amines is 1. The van der Waals surface area contributed by atoms with Crippen molar-refractivity contribution in [2.24, 2.45) is 0 Å². The average molecular weight is 381 g/mol. The lowest BCUT2D eigenvalue weighted by atomic mass is 9.73. The first-order valence-corrected chi connectivity index (χ1v) is 8.92. The van der Waals surface area contributed by atoms with Gasteiger partial charge in [0.25, 0.3) is 5.91 Å². The summed E-state index contributed by atoms with van der Waals surface area (Å²) in [7, 11) is 0. The number of ether oxygens (including phenoxy) is 1. The minimum atomic E-state index is -4.40. The van der Waals surface area contributed by atoms with Crippen LogP contribution in [-0.4, -0.2) is 35.9 Å². The van der Waals surface area contributed by atoms with Gasteiger partial charge >= 0.3 is 6.18 Å². The van der Waals surface area contributed by atoms with E-state index in [0.717, 1.165) is 11.8 Å². The number of nitrogens with one attached hydrogen (secondary N) is 2. The summed E-state index contributed by atoms with van der Waals surface area (Å²) in [6.07, 6.45) is -1.22. The fourth-order valence-corrected chi connectivity index (χ4v) is 3.48. The molecule has 146 valence electrons. The molecule has 1 aromatic heterocycles. The van der Waals surface area contributed by atoms with E-state index >= 15 is 0 Å². The smallest absolute Gasteiger partial charge is 0.381 e. The van der Waals surface area contributed by atoms with E-state index in [1.165, 1.54) is 18.3 Å². The second-order valence-corrected chi connectivity index (χ2v) is 6.77. The maximum Gasteiger partial charge on any atom is 0.416 e. The molecule has 2 aromatic rings. The number of nitrogens with zero attached hydrogens (tertiary/aromatic N) is 1. The van der Waals surface area contributed by atoms with Crippen LogP contribution in [0.2, 0.25) is 0 Å². The minimum Gasteiger partial charge on any atom is -0.381 e. The SMILES string of the molecule is CCc1[nH]ncc1C(=O)NCC1(c2cccc(C(F)(F)F)c2)CCOCC1. The molecule has 1 amide bonds. The van der Waals surface area contributed by atoms with E-state index in [9.17, 15) is 18.0 Å². The van der Waals surface area contributed by atoms with Crippen LogP contribution in [-0.2, 0) is 22.7 Å². The highest BCUT2D eigenvalue weighted by Crippen LogP contribution is 2.37. The molecule has 5 nitrogen and oxygen atoms in total. The Morgan fingerprint density at radius 2 is 2.07 bits per heavy atom. The predicted octanol–water partition coefficient (Wildman–Crippen LogP) is 3.47. The average Bonchev–Trinajstić information content (AvgIpc) is 3.15. The van der Waals surface area contributed by atoms with Gasteiger partial charge in [-0.3, -0.25) is 9.89 Å². The Balaban J connectivity index is 1.84. The topological polar surface area (TPSA) is 67.0 Å². The number of halogens is 3. The highest BCUT2D eigenvalue weighted by Gasteiger charge is 2.37. The molecular formula is C19H22F3N3O2. The van der Waals surface area contributed by atoms with Crippen molar-refractivity contribution in [3.8, 4) is 0 Å². The van der Waals surface area contributed by atoms with Gasteiger partial charge in [0.1, 0.15) is 0 Å². The zero-order valence-electron chi connectivity index (χ0n) is 15.0. The second-order valence-electron chi connectivity index (χ2n) is 6.77. The Morgan fingerprint density at radius 1 is 1.33 bits per heavy atom. The Labute approximate surface area is 155 Å². The van der Waals surface area contributed by atoms with E-state index in [2.05, 4.69) is 15.5 Å². The van der Waals surface area contributed by atoms with Gasteiger partial charge in [0.05, 0.1) is 17.3 Å². The summed E-state index contributed by atoms with van der Waals surface area (Å²) in [6, 6.07) is 5.37. The molecule has 0 radical (unpaired) electrons. The fourth-order valence-electron chi connectivity index (χ4n) is 3.48. The van der Waals surface area contributed by atoms with Gasteiger partial charge in [0, 0.05) is 30.9 Å². The molecule has 0 spiro atoms. The van der Waals surface area contributed by atoms with Crippen molar-refractivity contribution in [2.45, 2.75) is 37.8 Å². The van der Waals surface area contributed by atoms with E-state index in [4.69, 9.17) is 4.74 Å². The Hall–Kier alpha value is -2.35. The Kier molecular flexibility index (Phi) is 5.55. The first-order chi connectivity index (χ1) is 12.9. The molecule has 1 fully saturated rings. The third-order valence-corrected chi connectivity index (χ3v) is 5.16. The minimum absolute atomic E-state index is 0.241. The molecule has 0 saturated carbocycles. The van der Waals surface area contributed by atoms with Gasteiger partial charge in [0.2, 0.25) is 0 Å². The summed E-state index contributed by atoms with van der Waals surface area (Å²) in [6.45, 7) is 3.04. The van der Waals surface area contributed by atoms with Crippen molar-refractivity contribution in [3.05, 3.63) is 52.8 Å². The van der Waals surface area contributed by atoms with Gasteiger partial charge in [-0.05, 0) is 30.9 Å². The van der Waals surface area contributed by atoms with Gasteiger partial charge in [-0.25, -0.2) is 0 Å². The zero-order chi connectivity index (χ0) is 19.5. The lowest BCUT2D eigenvalue weighted by Crippen LogP contribution is -2.44. The summed E-state index contributed by atoms with van der Waals surface area (Å²) >= 11 is 0. The van der Waals surface area contributed by atoms with Crippen molar-refractivity contribution < 1.29 is 22.7 Å². The number of hydrogen-bond acceptors (Lipinski definition) is 3. The molecule has 8 heteroatoms. The quantitative estimate of drug-likeness (QED) is 0.834. The second kappa shape index (κ2) is 7.72. The van der Waals surface area contributed by atoms with Crippen LogP contribution in [0.1, 0.15) is 46.9 Å². The zero-order valence-corrected chi connectivity index (χ0v) is 15.0. The molecule has 0 unspecified atom stereocenters. The normalized spacial score (nSPS) is 16.9. The van der Waals surface area contributed by atoms with Gasteiger partial charge in [-0.15, -0.1) is 0 Å². The summed E-state index contributed by atoms with van der Waals surface area (Å²) < 4.78 is 44.8. The maximum absolute atomic E-state index is 13.1. The van der Waals surface area contributed by atoms with Crippen LogP contribution in [0.3, 0.4) is 0 Å². The third kappa shape index (κ3) is 4.16. The van der Waals surface area contributed by atoms with Crippen molar-refractivity contribution in [3.63, 3.8) is 0 Å². The number of amides is 1. The van der Waals surface area contributed by atoms with Gasteiger partial charge < -0.3 is 10.1 Å². The van der Waals surface area contributed by atoms with Crippen LogP contribution in [0.5, 0.6) is 0 Å². The van der Waals surface area contributed by atoms with Gasteiger partial charge in [-0.1, -0.05) is 25.1 Å². The maximum atomic E-state index is 13.1. The molecular weight excluding hydrogens is 359 g/mol. The number of aryl methyl sites for hydroxylation is 1. The lowest BCUT2D eigenvalue weighted by Gasteiger charge is -2.38. The first-order valence-electron chi connectivity index (χ1n) is 8.92. The molecule has 0 aliphatic carbocycles. The number of H-pyrrole nitrogens is 1. The van der Waals surface area contributed by atoms with Crippen molar-refractivity contribution in [1.29, 1.82) is 0 Å². The fraction of sp³-hybridized carbons (Fsp3) is 0.474. The van der Waals surface area contributed by atoms with Gasteiger partial charge in [0.15, 0.2) is 0 Å². The van der Waals surface area contributed by atoms with Crippen molar-refractivity contribution in [2.75, 3.05) is 19.8 Å². The number of hydrogen-bond donors (Lipinski definition) is 2. The summed E-state index contributed by atoms with van der Waals surface area (Å²) in [4.78, 5) is 12.5. The number of rotatable bonds is 5. The van der Waals surface area contributed by atoms with E-state index in [0.29, 0.717) is 43.6 Å². The van der Waals surface area contributed by atoms with Crippen LogP contribution in [0.4, 0.5) is 13.2 Å². The van der Waals surface area contributed by atoms with Crippen molar-refractivity contribution >= 4 is 5.91 Å². The van der Waals surface area contributed by atoms with E-state index in [1.807, 2.05) is 6.92 Å². The number of carbonyl (C=O) groups excluding carboxylic acids is 1. The van der Waals surface area contributed by atoms with Crippen LogP contribution in [0.25, 0.3) is 0 Å². The highest BCUT2D eigenvalue weighted by molar-refractivity contribution is 5.95. The molecule has 0 atom stereocenters. The van der Waals surface area contributed by atoms with E-state index in [-0.39, 0.29) is 12.5 Å². The van der Waals surface area contributed by atoms with Crippen molar-refractivity contribution in [1.82, 2.24) is 15.5 Å². The van der Waals surface area contributed by atoms with Crippen LogP contribution in [0.15, 0.2) is 30.5 Å². The Bertz CT molecular complexity index is 795. The molecule has 1 aliphatic heterocycles. The molecule has 0 bridgehead atoms. The third-order valence-electron chi connectivity index (χ3n) is 5.16. The number of benzene rings is 1. The van der Waals surface area contributed by atoms with Crippen LogP contribution >= 0.6 is 0 Å².